The molecular weight excluding hydrogens is 515 g/mol. The number of aryl methyl sites for hydroxylation is 4. The van der Waals surface area contributed by atoms with Crippen LogP contribution in [-0.4, -0.2) is 16.1 Å². The number of nitrogens with zero attached hydrogens (tertiary/aromatic N) is 1. The van der Waals surface area contributed by atoms with Gasteiger partial charge >= 0.3 is 12.1 Å². The van der Waals surface area contributed by atoms with Crippen molar-refractivity contribution >= 4 is 29.1 Å². The number of halogens is 3. The highest BCUT2D eigenvalue weighted by Crippen LogP contribution is 2.36. The molecule has 3 aromatic carbocycles. The summed E-state index contributed by atoms with van der Waals surface area (Å²) in [5, 5.41) is 9.66. The molecule has 4 rings (SSSR count). The molecule has 1 aromatic heterocycles. The van der Waals surface area contributed by atoms with Crippen molar-refractivity contribution in [3.63, 3.8) is 0 Å². The first-order valence-corrected chi connectivity index (χ1v) is 13.6. The molecule has 0 atom stereocenters. The Morgan fingerprint density at radius 2 is 1.70 bits per heavy atom. The summed E-state index contributed by atoms with van der Waals surface area (Å²) in [5.41, 5.74) is 4.26. The summed E-state index contributed by atoms with van der Waals surface area (Å²) >= 11 is 3.20. The zero-order valence-corrected chi connectivity index (χ0v) is 21.8. The van der Waals surface area contributed by atoms with Gasteiger partial charge in [-0.15, -0.1) is 23.1 Å². The minimum absolute atomic E-state index is 0.103. The number of benzene rings is 3. The van der Waals surface area contributed by atoms with Crippen LogP contribution in [-0.2, 0) is 36.0 Å². The van der Waals surface area contributed by atoms with E-state index in [-0.39, 0.29) is 6.42 Å². The van der Waals surface area contributed by atoms with Crippen molar-refractivity contribution in [2.75, 3.05) is 0 Å². The molecule has 3 nitrogen and oxygen atoms in total. The number of carbonyl (C=O) groups is 1. The molecule has 37 heavy (non-hydrogen) atoms. The Hall–Kier alpha value is -3.10. The lowest BCUT2D eigenvalue weighted by Gasteiger charge is -2.08. The van der Waals surface area contributed by atoms with Crippen LogP contribution in [0.25, 0.3) is 10.6 Å². The molecule has 0 spiro atoms. The van der Waals surface area contributed by atoms with Gasteiger partial charge in [0.25, 0.3) is 0 Å². The molecule has 1 N–H and O–H groups in total. The summed E-state index contributed by atoms with van der Waals surface area (Å²) in [6, 6.07) is 21.4. The molecule has 0 saturated heterocycles. The van der Waals surface area contributed by atoms with Crippen LogP contribution in [0.4, 0.5) is 13.2 Å². The molecule has 0 radical (unpaired) electrons. The van der Waals surface area contributed by atoms with Gasteiger partial charge in [-0.2, -0.15) is 13.2 Å². The lowest BCUT2D eigenvalue weighted by molar-refractivity contribution is -0.138. The van der Waals surface area contributed by atoms with E-state index in [9.17, 15) is 18.0 Å². The van der Waals surface area contributed by atoms with E-state index in [0.717, 1.165) is 51.6 Å². The van der Waals surface area contributed by atoms with Crippen molar-refractivity contribution in [2.24, 2.45) is 0 Å². The monoisotopic (exact) mass is 541 g/mol. The van der Waals surface area contributed by atoms with Crippen LogP contribution in [0.5, 0.6) is 0 Å². The predicted molar refractivity (Wildman–Crippen MR) is 143 cm³/mol. The Bertz CT molecular complexity index is 1350. The number of hydrogen-bond acceptors (Lipinski definition) is 4. The van der Waals surface area contributed by atoms with Crippen LogP contribution in [0.3, 0.4) is 0 Å². The second kappa shape index (κ2) is 12.0. The molecule has 4 aromatic rings. The molecule has 0 aliphatic heterocycles. The Balaban J connectivity index is 1.53. The fourth-order valence-electron chi connectivity index (χ4n) is 3.95. The van der Waals surface area contributed by atoms with E-state index in [1.54, 1.807) is 11.8 Å². The third kappa shape index (κ3) is 7.46. The van der Waals surface area contributed by atoms with Crippen molar-refractivity contribution in [3.8, 4) is 10.6 Å². The molecule has 192 valence electrons. The maximum Gasteiger partial charge on any atom is 0.416 e. The van der Waals surface area contributed by atoms with Crippen molar-refractivity contribution in [1.82, 2.24) is 4.98 Å². The van der Waals surface area contributed by atoms with Gasteiger partial charge in [0, 0.05) is 27.5 Å². The van der Waals surface area contributed by atoms with Gasteiger partial charge in [0.2, 0.25) is 0 Å². The molecule has 0 unspecified atom stereocenters. The standard InChI is InChI=1S/C29H26F3NO2S2/c1-19-17-24(14-10-21(19)11-16-27(34)35)36-18-26-25(15-7-20-5-3-2-4-6-20)33-28(37-26)22-8-12-23(13-9-22)29(30,31)32/h2-6,8-10,12-14,17H,7,11,15-16,18H2,1H3,(H,34,35). The average Bonchev–Trinajstić information content (AvgIpc) is 3.29. The maximum atomic E-state index is 13.0. The minimum atomic E-state index is -4.37. The van der Waals surface area contributed by atoms with E-state index in [1.165, 1.54) is 29.0 Å². The zero-order chi connectivity index (χ0) is 26.4. The number of alkyl halides is 3. The van der Waals surface area contributed by atoms with E-state index in [0.29, 0.717) is 22.7 Å². The molecule has 8 heteroatoms. The normalized spacial score (nSPS) is 11.6. The summed E-state index contributed by atoms with van der Waals surface area (Å²) in [5.74, 6) is -0.119. The first-order valence-electron chi connectivity index (χ1n) is 11.8. The third-order valence-electron chi connectivity index (χ3n) is 6.02. The highest BCUT2D eigenvalue weighted by Gasteiger charge is 2.30. The van der Waals surface area contributed by atoms with Gasteiger partial charge in [0.1, 0.15) is 5.01 Å². The smallest absolute Gasteiger partial charge is 0.416 e. The molecule has 0 bridgehead atoms. The zero-order valence-electron chi connectivity index (χ0n) is 20.2. The van der Waals surface area contributed by atoms with E-state index >= 15 is 0 Å². The molecule has 0 aliphatic rings. The Morgan fingerprint density at radius 3 is 2.35 bits per heavy atom. The predicted octanol–water partition coefficient (Wildman–Crippen LogP) is 8.23. The van der Waals surface area contributed by atoms with Gasteiger partial charge in [0.05, 0.1) is 11.3 Å². The molecule has 0 aliphatic carbocycles. The van der Waals surface area contributed by atoms with Gasteiger partial charge in [0.15, 0.2) is 0 Å². The summed E-state index contributed by atoms with van der Waals surface area (Å²) in [6.45, 7) is 1.99. The van der Waals surface area contributed by atoms with E-state index in [1.807, 2.05) is 37.3 Å². The topological polar surface area (TPSA) is 50.2 Å². The average molecular weight is 542 g/mol. The number of carboxylic acid groups (broad SMARTS) is 1. The van der Waals surface area contributed by atoms with Crippen LogP contribution < -0.4 is 0 Å². The molecule has 0 fully saturated rings. The Labute approximate surface area is 222 Å². The third-order valence-corrected chi connectivity index (χ3v) is 8.37. The van der Waals surface area contributed by atoms with Gasteiger partial charge in [-0.1, -0.05) is 48.5 Å². The van der Waals surface area contributed by atoms with Crippen molar-refractivity contribution < 1.29 is 23.1 Å². The fourth-order valence-corrected chi connectivity index (χ4v) is 6.16. The van der Waals surface area contributed by atoms with Crippen molar-refractivity contribution in [2.45, 2.75) is 49.4 Å². The minimum Gasteiger partial charge on any atom is -0.481 e. The van der Waals surface area contributed by atoms with Crippen LogP contribution in [0.15, 0.2) is 77.7 Å². The van der Waals surface area contributed by atoms with E-state index in [4.69, 9.17) is 10.1 Å². The number of thioether (sulfide) groups is 1. The lowest BCUT2D eigenvalue weighted by atomic mass is 10.0. The van der Waals surface area contributed by atoms with Crippen LogP contribution >= 0.6 is 23.1 Å². The number of thiazole rings is 1. The fraction of sp³-hybridized carbons (Fsp3) is 0.241. The highest BCUT2D eigenvalue weighted by atomic mass is 32.2. The van der Waals surface area contributed by atoms with Crippen LogP contribution in [0.1, 0.15) is 39.2 Å². The largest absolute Gasteiger partial charge is 0.481 e. The first kappa shape index (κ1) is 26.9. The number of aliphatic carboxylic acids is 1. The first-order chi connectivity index (χ1) is 17.7. The maximum absolute atomic E-state index is 13.0. The van der Waals surface area contributed by atoms with Crippen molar-refractivity contribution in [1.29, 1.82) is 0 Å². The van der Waals surface area contributed by atoms with E-state index in [2.05, 4.69) is 18.2 Å². The summed E-state index contributed by atoms with van der Waals surface area (Å²) in [6.07, 6.45) is -2.20. The number of aromatic nitrogens is 1. The number of hydrogen-bond donors (Lipinski definition) is 1. The van der Waals surface area contributed by atoms with Crippen LogP contribution in [0.2, 0.25) is 0 Å². The summed E-state index contributed by atoms with van der Waals surface area (Å²) < 4.78 is 39.0. The van der Waals surface area contributed by atoms with Gasteiger partial charge in [-0.05, 0) is 67.1 Å². The number of carboxylic acids is 1. The summed E-state index contributed by atoms with van der Waals surface area (Å²) in [4.78, 5) is 17.9. The quantitative estimate of drug-likeness (QED) is 0.206. The lowest BCUT2D eigenvalue weighted by Crippen LogP contribution is -2.03. The Kier molecular flexibility index (Phi) is 8.71. The SMILES string of the molecule is Cc1cc(SCc2sc(-c3ccc(C(F)(F)F)cc3)nc2CCc2ccccc2)ccc1CCC(=O)O. The van der Waals surface area contributed by atoms with Gasteiger partial charge in [-0.3, -0.25) is 4.79 Å². The Morgan fingerprint density at radius 1 is 0.973 bits per heavy atom. The second-order valence-electron chi connectivity index (χ2n) is 8.72. The van der Waals surface area contributed by atoms with Gasteiger partial charge in [-0.25, -0.2) is 4.98 Å². The summed E-state index contributed by atoms with van der Waals surface area (Å²) in [7, 11) is 0. The second-order valence-corrected chi connectivity index (χ2v) is 10.9. The molecule has 0 amide bonds. The number of rotatable bonds is 10. The molecular formula is C29H26F3NO2S2. The highest BCUT2D eigenvalue weighted by molar-refractivity contribution is 7.98. The molecule has 0 saturated carbocycles. The van der Waals surface area contributed by atoms with E-state index < -0.39 is 17.7 Å². The van der Waals surface area contributed by atoms with Gasteiger partial charge < -0.3 is 5.11 Å². The van der Waals surface area contributed by atoms with Crippen LogP contribution in [0, 0.1) is 6.92 Å². The molecule has 1 heterocycles. The van der Waals surface area contributed by atoms with Crippen molar-refractivity contribution in [3.05, 3.63) is 106 Å².